The van der Waals surface area contributed by atoms with Crippen molar-refractivity contribution in [3.05, 3.63) is 28.4 Å². The fraction of sp³-hybridized carbons (Fsp3) is 0.500. The Morgan fingerprint density at radius 2 is 1.74 bits per heavy atom. The lowest BCUT2D eigenvalue weighted by atomic mass is 9.87. The third kappa shape index (κ3) is 7.54. The van der Waals surface area contributed by atoms with Crippen molar-refractivity contribution in [2.45, 2.75) is 31.8 Å². The number of rotatable bonds is 6. The molecule has 0 aliphatic heterocycles. The molecule has 0 saturated heterocycles. The Hall–Kier alpha value is 0.260. The number of carbonyl (C=O) groups excluding carboxylic acids is 2. The van der Waals surface area contributed by atoms with Crippen molar-refractivity contribution in [1.82, 2.24) is 0 Å². The van der Waals surface area contributed by atoms with Gasteiger partial charge in [-0.3, -0.25) is 9.35 Å². The standard InChI is InChI=1S/C16H17I3O7S/c17-10-7-12(14(19)13(18)8-10)16(21)26-11-3-1-9(2-4-11)15(20)25-5-6-27(22,23)24/h7-9,11H,1-6H2,(H,22,23,24). The molecule has 1 fully saturated rings. The summed E-state index contributed by atoms with van der Waals surface area (Å²) < 4.78 is 43.2. The van der Waals surface area contributed by atoms with E-state index in [1.54, 1.807) is 6.07 Å². The maximum Gasteiger partial charge on any atom is 0.339 e. The smallest absolute Gasteiger partial charge is 0.339 e. The Labute approximate surface area is 198 Å². The molecule has 7 nitrogen and oxygen atoms in total. The molecule has 0 amide bonds. The SMILES string of the molecule is O=C(OC1CCC(C(=O)OCCS(=O)(=O)O)CC1)c1cc(I)cc(I)c1I. The highest BCUT2D eigenvalue weighted by molar-refractivity contribution is 14.1. The summed E-state index contributed by atoms with van der Waals surface area (Å²) >= 11 is 6.47. The Morgan fingerprint density at radius 1 is 1.11 bits per heavy atom. The van der Waals surface area contributed by atoms with Gasteiger partial charge in [0.05, 0.1) is 11.5 Å². The van der Waals surface area contributed by atoms with Crippen LogP contribution in [0.5, 0.6) is 0 Å². The molecule has 0 spiro atoms. The second-order valence-corrected chi connectivity index (χ2v) is 11.1. The lowest BCUT2D eigenvalue weighted by Crippen LogP contribution is -2.30. The highest BCUT2D eigenvalue weighted by atomic mass is 127. The quantitative estimate of drug-likeness (QED) is 0.206. The third-order valence-corrected chi connectivity index (χ3v) is 8.43. The zero-order valence-corrected chi connectivity index (χ0v) is 21.3. The lowest BCUT2D eigenvalue weighted by Gasteiger charge is -2.27. The van der Waals surface area contributed by atoms with E-state index >= 15 is 0 Å². The van der Waals surface area contributed by atoms with Crippen LogP contribution in [0.2, 0.25) is 0 Å². The first kappa shape index (κ1) is 23.5. The number of ether oxygens (including phenoxy) is 2. The van der Waals surface area contributed by atoms with Gasteiger partial charge >= 0.3 is 11.9 Å². The van der Waals surface area contributed by atoms with Crippen molar-refractivity contribution in [2.24, 2.45) is 5.92 Å². The van der Waals surface area contributed by atoms with Gasteiger partial charge in [0.1, 0.15) is 18.5 Å². The number of hydrogen-bond acceptors (Lipinski definition) is 6. The van der Waals surface area contributed by atoms with E-state index in [2.05, 4.69) is 67.8 Å². The first-order valence-corrected chi connectivity index (χ1v) is 12.9. The average molecular weight is 734 g/mol. The Balaban J connectivity index is 1.84. The molecule has 1 aliphatic rings. The van der Waals surface area contributed by atoms with Crippen LogP contribution >= 0.6 is 67.8 Å². The van der Waals surface area contributed by atoms with E-state index in [0.29, 0.717) is 31.2 Å². The fourth-order valence-electron chi connectivity index (χ4n) is 2.70. The summed E-state index contributed by atoms with van der Waals surface area (Å²) in [7, 11) is -4.15. The highest BCUT2D eigenvalue weighted by Gasteiger charge is 2.30. The maximum atomic E-state index is 12.5. The van der Waals surface area contributed by atoms with Gasteiger partial charge in [-0.2, -0.15) is 8.42 Å². The molecule has 1 N–H and O–H groups in total. The van der Waals surface area contributed by atoms with Crippen molar-refractivity contribution in [3.8, 4) is 0 Å². The van der Waals surface area contributed by atoms with Gasteiger partial charge in [0.2, 0.25) is 0 Å². The average Bonchev–Trinajstić information content (AvgIpc) is 2.57. The third-order valence-electron chi connectivity index (χ3n) is 4.08. The van der Waals surface area contributed by atoms with E-state index in [0.717, 1.165) is 10.7 Å². The molecular formula is C16H17I3O7S. The van der Waals surface area contributed by atoms with Crippen LogP contribution in [0, 0.1) is 16.6 Å². The van der Waals surface area contributed by atoms with Crippen molar-refractivity contribution in [1.29, 1.82) is 0 Å². The predicted molar refractivity (Wildman–Crippen MR) is 123 cm³/mol. The Bertz CT molecular complexity index is 818. The topological polar surface area (TPSA) is 107 Å². The molecule has 0 radical (unpaired) electrons. The number of benzene rings is 1. The molecule has 0 unspecified atom stereocenters. The largest absolute Gasteiger partial charge is 0.464 e. The number of halogens is 3. The summed E-state index contributed by atoms with van der Waals surface area (Å²) in [5, 5.41) is 0. The minimum atomic E-state index is -4.15. The van der Waals surface area contributed by atoms with Gasteiger partial charge in [0.25, 0.3) is 10.1 Å². The molecule has 150 valence electrons. The van der Waals surface area contributed by atoms with Crippen LogP contribution in [0.4, 0.5) is 0 Å². The van der Waals surface area contributed by atoms with Gasteiger partial charge < -0.3 is 9.47 Å². The molecule has 0 heterocycles. The first-order chi connectivity index (χ1) is 12.6. The summed E-state index contributed by atoms with van der Waals surface area (Å²) in [5.74, 6) is -1.81. The summed E-state index contributed by atoms with van der Waals surface area (Å²) in [5.41, 5.74) is 0.540. The van der Waals surface area contributed by atoms with Crippen LogP contribution in [0.25, 0.3) is 0 Å². The molecule has 1 aromatic carbocycles. The van der Waals surface area contributed by atoms with E-state index < -0.39 is 21.8 Å². The molecule has 27 heavy (non-hydrogen) atoms. The Kier molecular flexibility index (Phi) is 9.01. The predicted octanol–water partition coefficient (Wildman–Crippen LogP) is 3.65. The summed E-state index contributed by atoms with van der Waals surface area (Å²) in [6.07, 6.45) is 1.83. The monoisotopic (exact) mass is 734 g/mol. The zero-order chi connectivity index (χ0) is 20.2. The van der Waals surface area contributed by atoms with Gasteiger partial charge in [-0.25, -0.2) is 4.79 Å². The molecule has 0 bridgehead atoms. The fourth-order valence-corrected chi connectivity index (χ4v) is 5.37. The summed E-state index contributed by atoms with van der Waals surface area (Å²) in [6, 6.07) is 3.78. The van der Waals surface area contributed by atoms with Crippen LogP contribution in [-0.2, 0) is 24.4 Å². The molecule has 2 rings (SSSR count). The van der Waals surface area contributed by atoms with Gasteiger partial charge in [0, 0.05) is 10.7 Å². The molecule has 0 aromatic heterocycles. The number of hydrogen-bond donors (Lipinski definition) is 1. The van der Waals surface area contributed by atoms with Crippen LogP contribution in [0.1, 0.15) is 36.0 Å². The normalized spacial score (nSPS) is 20.1. The van der Waals surface area contributed by atoms with E-state index in [1.165, 1.54) is 0 Å². The van der Waals surface area contributed by atoms with E-state index in [-0.39, 0.29) is 24.6 Å². The van der Waals surface area contributed by atoms with Crippen LogP contribution in [0.15, 0.2) is 12.1 Å². The molecule has 11 heteroatoms. The van der Waals surface area contributed by atoms with Gasteiger partial charge in [-0.1, -0.05) is 0 Å². The Morgan fingerprint density at radius 3 is 2.33 bits per heavy atom. The van der Waals surface area contributed by atoms with Crippen LogP contribution < -0.4 is 0 Å². The van der Waals surface area contributed by atoms with Crippen molar-refractivity contribution < 1.29 is 32.0 Å². The molecule has 1 aliphatic carbocycles. The van der Waals surface area contributed by atoms with E-state index in [9.17, 15) is 18.0 Å². The minimum Gasteiger partial charge on any atom is -0.464 e. The van der Waals surface area contributed by atoms with Gasteiger partial charge in [0.15, 0.2) is 0 Å². The number of carbonyl (C=O) groups is 2. The van der Waals surface area contributed by atoms with Gasteiger partial charge in [-0.05, 0) is 106 Å². The second-order valence-electron chi connectivity index (χ2n) is 6.08. The molecule has 0 atom stereocenters. The summed E-state index contributed by atoms with van der Waals surface area (Å²) in [4.78, 5) is 24.4. The van der Waals surface area contributed by atoms with E-state index in [4.69, 9.17) is 14.0 Å². The van der Waals surface area contributed by atoms with Crippen molar-refractivity contribution in [2.75, 3.05) is 12.4 Å². The zero-order valence-electron chi connectivity index (χ0n) is 14.0. The second kappa shape index (κ2) is 10.3. The molecular weight excluding hydrogens is 717 g/mol. The molecule has 1 aromatic rings. The highest BCUT2D eigenvalue weighted by Crippen LogP contribution is 2.29. The van der Waals surface area contributed by atoms with Crippen molar-refractivity contribution in [3.63, 3.8) is 0 Å². The summed E-state index contributed by atoms with van der Waals surface area (Å²) in [6.45, 7) is -0.365. The molecule has 1 saturated carbocycles. The minimum absolute atomic E-state index is 0.259. The number of esters is 2. The van der Waals surface area contributed by atoms with Crippen molar-refractivity contribution >= 4 is 89.8 Å². The van der Waals surface area contributed by atoms with E-state index in [1.807, 2.05) is 6.07 Å². The van der Waals surface area contributed by atoms with Crippen LogP contribution in [0.3, 0.4) is 0 Å². The maximum absolute atomic E-state index is 12.5. The lowest BCUT2D eigenvalue weighted by molar-refractivity contribution is -0.149. The first-order valence-electron chi connectivity index (χ1n) is 8.04. The van der Waals surface area contributed by atoms with Gasteiger partial charge in [-0.15, -0.1) is 0 Å². The van der Waals surface area contributed by atoms with Crippen LogP contribution in [-0.4, -0.2) is 43.4 Å².